The molecule has 0 bridgehead atoms. The molecule has 4 nitrogen and oxygen atoms in total. The second kappa shape index (κ2) is 7.52. The molecular weight excluding hydrogens is 331 g/mol. The second-order valence-corrected chi connectivity index (χ2v) is 6.54. The van der Waals surface area contributed by atoms with Crippen molar-refractivity contribution >= 4 is 16.8 Å². The standard InChI is InChI=1S/C21H21FN2O2/c1-14(8-9-15-6-4-3-5-7-15)23-21(26)18-13-24(2)19-11-10-16(22)12-17(19)20(18)25/h3-7,10-14H,8-9H2,1-2H3,(H,23,26)/t14-/m0/s1. The van der Waals surface area contributed by atoms with Gasteiger partial charge in [-0.25, -0.2) is 4.39 Å². The van der Waals surface area contributed by atoms with Crippen molar-refractivity contribution in [2.75, 3.05) is 0 Å². The summed E-state index contributed by atoms with van der Waals surface area (Å²) in [6.07, 6.45) is 3.10. The summed E-state index contributed by atoms with van der Waals surface area (Å²) < 4.78 is 15.2. The zero-order valence-corrected chi connectivity index (χ0v) is 14.8. The summed E-state index contributed by atoms with van der Waals surface area (Å²) in [5.74, 6) is -0.930. The first-order valence-electron chi connectivity index (χ1n) is 8.59. The molecule has 1 N–H and O–H groups in total. The zero-order valence-electron chi connectivity index (χ0n) is 14.8. The van der Waals surface area contributed by atoms with E-state index >= 15 is 0 Å². The van der Waals surface area contributed by atoms with E-state index in [2.05, 4.69) is 5.32 Å². The Bertz CT molecular complexity index is 996. The lowest BCUT2D eigenvalue weighted by Gasteiger charge is -2.15. The third kappa shape index (κ3) is 3.82. The normalized spacial score (nSPS) is 12.1. The lowest BCUT2D eigenvalue weighted by atomic mass is 10.1. The number of nitrogens with zero attached hydrogens (tertiary/aromatic N) is 1. The van der Waals surface area contributed by atoms with Crippen LogP contribution in [-0.4, -0.2) is 16.5 Å². The van der Waals surface area contributed by atoms with Crippen molar-refractivity contribution in [3.05, 3.63) is 81.9 Å². The van der Waals surface area contributed by atoms with Crippen LogP contribution < -0.4 is 10.7 Å². The SMILES string of the molecule is C[C@@H](CCc1ccccc1)NC(=O)c1cn(C)c2ccc(F)cc2c1=O. The van der Waals surface area contributed by atoms with Crippen LogP contribution in [0.3, 0.4) is 0 Å². The molecule has 134 valence electrons. The summed E-state index contributed by atoms with van der Waals surface area (Å²) in [6.45, 7) is 1.91. The topological polar surface area (TPSA) is 51.1 Å². The highest BCUT2D eigenvalue weighted by Gasteiger charge is 2.16. The van der Waals surface area contributed by atoms with Crippen LogP contribution in [0, 0.1) is 5.82 Å². The molecule has 0 saturated carbocycles. The first kappa shape index (κ1) is 17.9. The average Bonchev–Trinajstić information content (AvgIpc) is 2.63. The third-order valence-corrected chi connectivity index (χ3v) is 4.48. The monoisotopic (exact) mass is 352 g/mol. The number of hydrogen-bond donors (Lipinski definition) is 1. The van der Waals surface area contributed by atoms with Crippen LogP contribution in [0.5, 0.6) is 0 Å². The first-order valence-corrected chi connectivity index (χ1v) is 8.59. The van der Waals surface area contributed by atoms with Crippen LogP contribution in [0.2, 0.25) is 0 Å². The number of pyridine rings is 1. The van der Waals surface area contributed by atoms with Crippen LogP contribution in [-0.2, 0) is 13.5 Å². The van der Waals surface area contributed by atoms with Crippen molar-refractivity contribution in [2.45, 2.75) is 25.8 Å². The van der Waals surface area contributed by atoms with Crippen molar-refractivity contribution in [2.24, 2.45) is 7.05 Å². The minimum atomic E-state index is -0.497. The predicted octanol–water partition coefficient (Wildman–Crippen LogP) is 3.43. The highest BCUT2D eigenvalue weighted by molar-refractivity contribution is 5.97. The maximum Gasteiger partial charge on any atom is 0.256 e. The van der Waals surface area contributed by atoms with Crippen molar-refractivity contribution in [1.29, 1.82) is 0 Å². The molecular formula is C21H21FN2O2. The molecule has 0 fully saturated rings. The van der Waals surface area contributed by atoms with E-state index in [1.54, 1.807) is 11.6 Å². The molecule has 3 aromatic rings. The average molecular weight is 352 g/mol. The number of rotatable bonds is 5. The van der Waals surface area contributed by atoms with Crippen LogP contribution >= 0.6 is 0 Å². The number of amides is 1. The summed E-state index contributed by atoms with van der Waals surface area (Å²) in [6, 6.07) is 13.9. The summed E-state index contributed by atoms with van der Waals surface area (Å²) >= 11 is 0. The molecule has 0 aliphatic carbocycles. The van der Waals surface area contributed by atoms with Crippen LogP contribution in [0.4, 0.5) is 4.39 Å². The molecule has 0 aliphatic rings. The molecule has 26 heavy (non-hydrogen) atoms. The van der Waals surface area contributed by atoms with Crippen LogP contribution in [0.25, 0.3) is 10.9 Å². The van der Waals surface area contributed by atoms with Crippen LogP contribution in [0.15, 0.2) is 59.5 Å². The van der Waals surface area contributed by atoms with E-state index in [1.165, 1.54) is 30.0 Å². The summed E-state index contributed by atoms with van der Waals surface area (Å²) in [7, 11) is 1.73. The Hall–Kier alpha value is -2.95. The minimum Gasteiger partial charge on any atom is -0.350 e. The second-order valence-electron chi connectivity index (χ2n) is 6.54. The molecule has 0 spiro atoms. The van der Waals surface area contributed by atoms with Crippen molar-refractivity contribution < 1.29 is 9.18 Å². The van der Waals surface area contributed by atoms with Gasteiger partial charge in [-0.05, 0) is 43.5 Å². The van der Waals surface area contributed by atoms with Crippen LogP contribution in [0.1, 0.15) is 29.3 Å². The largest absolute Gasteiger partial charge is 0.350 e. The molecule has 1 heterocycles. The van der Waals surface area contributed by atoms with Gasteiger partial charge >= 0.3 is 0 Å². The van der Waals surface area contributed by atoms with Gasteiger partial charge < -0.3 is 9.88 Å². The van der Waals surface area contributed by atoms with Crippen molar-refractivity contribution in [3.63, 3.8) is 0 Å². The maximum atomic E-state index is 13.5. The Labute approximate surface area is 151 Å². The third-order valence-electron chi connectivity index (χ3n) is 4.48. The number of halogens is 1. The Morgan fingerprint density at radius 2 is 1.92 bits per heavy atom. The number of carbonyl (C=O) groups excluding carboxylic acids is 1. The smallest absolute Gasteiger partial charge is 0.256 e. The Balaban J connectivity index is 1.77. The summed E-state index contributed by atoms with van der Waals surface area (Å²) in [5.41, 5.74) is 1.36. The first-order chi connectivity index (χ1) is 12.5. The number of aryl methyl sites for hydroxylation is 2. The molecule has 0 aliphatic heterocycles. The van der Waals surface area contributed by atoms with E-state index in [-0.39, 0.29) is 17.0 Å². The number of carbonyl (C=O) groups is 1. The van der Waals surface area contributed by atoms with E-state index in [0.717, 1.165) is 12.8 Å². The summed E-state index contributed by atoms with van der Waals surface area (Å²) in [5, 5.41) is 3.07. The fourth-order valence-electron chi connectivity index (χ4n) is 3.03. The number of hydrogen-bond acceptors (Lipinski definition) is 2. The Morgan fingerprint density at radius 1 is 1.19 bits per heavy atom. The van der Waals surface area contributed by atoms with E-state index in [9.17, 15) is 14.0 Å². The van der Waals surface area contributed by atoms with E-state index in [4.69, 9.17) is 0 Å². The molecule has 1 aromatic heterocycles. The number of fused-ring (bicyclic) bond motifs is 1. The van der Waals surface area contributed by atoms with Gasteiger partial charge in [0.05, 0.1) is 5.52 Å². The predicted molar refractivity (Wildman–Crippen MR) is 101 cm³/mol. The van der Waals surface area contributed by atoms with Gasteiger partial charge in [-0.15, -0.1) is 0 Å². The van der Waals surface area contributed by atoms with Gasteiger partial charge in [0.15, 0.2) is 0 Å². The maximum absolute atomic E-state index is 13.5. The van der Waals surface area contributed by atoms with E-state index in [0.29, 0.717) is 5.52 Å². The molecule has 2 aromatic carbocycles. The van der Waals surface area contributed by atoms with Gasteiger partial charge in [0, 0.05) is 24.7 Å². The molecule has 0 radical (unpaired) electrons. The number of aromatic nitrogens is 1. The fourth-order valence-corrected chi connectivity index (χ4v) is 3.03. The van der Waals surface area contributed by atoms with E-state index < -0.39 is 17.2 Å². The quantitative estimate of drug-likeness (QED) is 0.765. The van der Waals surface area contributed by atoms with Gasteiger partial charge in [-0.2, -0.15) is 0 Å². The Kier molecular flexibility index (Phi) is 5.16. The van der Waals surface area contributed by atoms with Gasteiger partial charge in [-0.1, -0.05) is 30.3 Å². The lowest BCUT2D eigenvalue weighted by molar-refractivity contribution is 0.0937. The molecule has 3 rings (SSSR count). The van der Waals surface area contributed by atoms with Gasteiger partial charge in [0.2, 0.25) is 5.43 Å². The number of benzene rings is 2. The highest BCUT2D eigenvalue weighted by atomic mass is 19.1. The molecule has 0 saturated heterocycles. The zero-order chi connectivity index (χ0) is 18.7. The Morgan fingerprint density at radius 3 is 2.65 bits per heavy atom. The van der Waals surface area contributed by atoms with Gasteiger partial charge in [-0.3, -0.25) is 9.59 Å². The molecule has 1 amide bonds. The van der Waals surface area contributed by atoms with Crippen molar-refractivity contribution in [3.8, 4) is 0 Å². The van der Waals surface area contributed by atoms with E-state index in [1.807, 2.05) is 37.3 Å². The lowest BCUT2D eigenvalue weighted by Crippen LogP contribution is -2.36. The molecule has 1 atom stereocenters. The highest BCUT2D eigenvalue weighted by Crippen LogP contribution is 2.13. The summed E-state index contributed by atoms with van der Waals surface area (Å²) in [4.78, 5) is 25.1. The van der Waals surface area contributed by atoms with Crippen molar-refractivity contribution in [1.82, 2.24) is 9.88 Å². The molecule has 5 heteroatoms. The van der Waals surface area contributed by atoms with Gasteiger partial charge in [0.1, 0.15) is 11.4 Å². The van der Waals surface area contributed by atoms with Gasteiger partial charge in [0.25, 0.3) is 5.91 Å². The number of nitrogens with one attached hydrogen (secondary N) is 1. The molecule has 0 unspecified atom stereocenters. The minimum absolute atomic E-state index is 0.0251. The fraction of sp³-hybridized carbons (Fsp3) is 0.238.